The summed E-state index contributed by atoms with van der Waals surface area (Å²) in [6, 6.07) is 12.1. The van der Waals surface area contributed by atoms with Gasteiger partial charge in [-0.2, -0.15) is 4.98 Å². The van der Waals surface area contributed by atoms with Gasteiger partial charge in [0.1, 0.15) is 5.82 Å². The van der Waals surface area contributed by atoms with Crippen LogP contribution in [0.3, 0.4) is 0 Å². The predicted octanol–water partition coefficient (Wildman–Crippen LogP) is 3.29. The Bertz CT molecular complexity index is 1050. The first-order valence-electron chi connectivity index (χ1n) is 11.1. The number of rotatable bonds is 7. The van der Waals surface area contributed by atoms with Gasteiger partial charge in [-0.1, -0.05) is 24.2 Å². The number of piperidine rings is 1. The SMILES string of the molecule is CCc1nc(-c2cccnc2N2CCC[C@@H](C(=O)NCc3ccc(N(C)C)cc3)C2)no1. The lowest BCUT2D eigenvalue weighted by Crippen LogP contribution is -2.43. The molecule has 0 aliphatic carbocycles. The molecule has 32 heavy (non-hydrogen) atoms. The van der Waals surface area contributed by atoms with Crippen molar-refractivity contribution < 1.29 is 9.32 Å². The lowest BCUT2D eigenvalue weighted by atomic mass is 9.96. The summed E-state index contributed by atoms with van der Waals surface area (Å²) in [7, 11) is 4.03. The minimum atomic E-state index is -0.0869. The molecule has 1 aliphatic rings. The van der Waals surface area contributed by atoms with Gasteiger partial charge >= 0.3 is 0 Å². The Kier molecular flexibility index (Phi) is 6.68. The molecule has 1 aliphatic heterocycles. The molecule has 4 rings (SSSR count). The quantitative estimate of drug-likeness (QED) is 0.610. The molecule has 0 saturated carbocycles. The molecule has 0 bridgehead atoms. The van der Waals surface area contributed by atoms with Crippen LogP contribution >= 0.6 is 0 Å². The van der Waals surface area contributed by atoms with Crippen LogP contribution in [-0.2, 0) is 17.8 Å². The number of nitrogens with one attached hydrogen (secondary N) is 1. The highest BCUT2D eigenvalue weighted by Crippen LogP contribution is 2.30. The molecule has 3 heterocycles. The molecule has 168 valence electrons. The average Bonchev–Trinajstić information content (AvgIpc) is 3.32. The van der Waals surface area contributed by atoms with Gasteiger partial charge in [0.2, 0.25) is 17.6 Å². The molecule has 8 nitrogen and oxygen atoms in total. The van der Waals surface area contributed by atoms with Crippen LogP contribution in [0.25, 0.3) is 11.4 Å². The van der Waals surface area contributed by atoms with Gasteiger partial charge in [0.25, 0.3) is 0 Å². The number of anilines is 2. The zero-order valence-electron chi connectivity index (χ0n) is 18.9. The molecule has 8 heteroatoms. The molecule has 2 aromatic heterocycles. The van der Waals surface area contributed by atoms with Crippen LogP contribution in [-0.4, -0.2) is 48.2 Å². The normalized spacial score (nSPS) is 16.1. The van der Waals surface area contributed by atoms with Crippen molar-refractivity contribution >= 4 is 17.4 Å². The van der Waals surface area contributed by atoms with E-state index in [0.717, 1.165) is 42.0 Å². The van der Waals surface area contributed by atoms with E-state index in [-0.39, 0.29) is 11.8 Å². The molecule has 1 amide bonds. The lowest BCUT2D eigenvalue weighted by molar-refractivity contribution is -0.125. The van der Waals surface area contributed by atoms with Crippen molar-refractivity contribution in [3.8, 4) is 11.4 Å². The standard InChI is InChI=1S/C24H30N6O2/c1-4-21-27-22(28-32-21)20-8-5-13-25-23(20)30-14-6-7-18(16-30)24(31)26-15-17-9-11-19(12-10-17)29(2)3/h5,8-13,18H,4,6-7,14-16H2,1-3H3,(H,26,31)/t18-/m1/s1. The molecule has 1 atom stereocenters. The average molecular weight is 435 g/mol. The first-order chi connectivity index (χ1) is 15.5. The minimum Gasteiger partial charge on any atom is -0.378 e. The number of amides is 1. The summed E-state index contributed by atoms with van der Waals surface area (Å²) in [6.45, 7) is 3.97. The van der Waals surface area contributed by atoms with Crippen molar-refractivity contribution in [1.29, 1.82) is 0 Å². The smallest absolute Gasteiger partial charge is 0.226 e. The van der Waals surface area contributed by atoms with Crippen LogP contribution in [0.2, 0.25) is 0 Å². The first kappa shape index (κ1) is 21.8. The van der Waals surface area contributed by atoms with E-state index in [9.17, 15) is 4.79 Å². The number of carbonyl (C=O) groups is 1. The third-order valence-corrected chi connectivity index (χ3v) is 5.81. The predicted molar refractivity (Wildman–Crippen MR) is 124 cm³/mol. The number of benzene rings is 1. The van der Waals surface area contributed by atoms with Crippen molar-refractivity contribution in [2.75, 3.05) is 37.0 Å². The summed E-state index contributed by atoms with van der Waals surface area (Å²) in [5, 5.41) is 7.22. The van der Waals surface area contributed by atoms with Gasteiger partial charge in [-0.15, -0.1) is 0 Å². The molecule has 1 saturated heterocycles. The van der Waals surface area contributed by atoms with E-state index < -0.39 is 0 Å². The maximum Gasteiger partial charge on any atom is 0.226 e. The van der Waals surface area contributed by atoms with E-state index in [1.54, 1.807) is 6.20 Å². The van der Waals surface area contributed by atoms with Gasteiger partial charge in [0.15, 0.2) is 0 Å². The van der Waals surface area contributed by atoms with Gasteiger partial charge < -0.3 is 19.6 Å². The second-order valence-electron chi connectivity index (χ2n) is 8.30. The first-order valence-corrected chi connectivity index (χ1v) is 11.1. The van der Waals surface area contributed by atoms with E-state index >= 15 is 0 Å². The number of pyridine rings is 1. The number of aromatic nitrogens is 3. The highest BCUT2D eigenvalue weighted by molar-refractivity contribution is 5.80. The Morgan fingerprint density at radius 1 is 1.25 bits per heavy atom. The summed E-state index contributed by atoms with van der Waals surface area (Å²) in [5.41, 5.74) is 3.06. The summed E-state index contributed by atoms with van der Waals surface area (Å²) in [6.07, 6.45) is 4.25. The molecule has 0 unspecified atom stereocenters. The molecule has 1 aromatic carbocycles. The molecule has 0 spiro atoms. The molecule has 1 N–H and O–H groups in total. The van der Waals surface area contributed by atoms with E-state index in [1.165, 1.54) is 0 Å². The Morgan fingerprint density at radius 3 is 2.78 bits per heavy atom. The maximum atomic E-state index is 12.9. The fraction of sp³-hybridized carbons (Fsp3) is 0.417. The van der Waals surface area contributed by atoms with E-state index in [1.807, 2.05) is 33.2 Å². The van der Waals surface area contributed by atoms with Crippen LogP contribution in [0.5, 0.6) is 0 Å². The van der Waals surface area contributed by atoms with Crippen LogP contribution in [0.15, 0.2) is 47.1 Å². The Balaban J connectivity index is 1.42. The second-order valence-corrected chi connectivity index (χ2v) is 8.30. The van der Waals surface area contributed by atoms with Gasteiger partial charge in [-0.25, -0.2) is 4.98 Å². The van der Waals surface area contributed by atoms with E-state index in [2.05, 4.69) is 54.5 Å². The van der Waals surface area contributed by atoms with Gasteiger partial charge in [0, 0.05) is 52.0 Å². The van der Waals surface area contributed by atoms with E-state index in [4.69, 9.17) is 4.52 Å². The van der Waals surface area contributed by atoms with E-state index in [0.29, 0.717) is 31.2 Å². The third-order valence-electron chi connectivity index (χ3n) is 5.81. The number of aryl methyl sites for hydroxylation is 1. The fourth-order valence-corrected chi connectivity index (χ4v) is 3.96. The number of hydrogen-bond donors (Lipinski definition) is 1. The summed E-state index contributed by atoms with van der Waals surface area (Å²) in [4.78, 5) is 26.2. The Hall–Kier alpha value is -3.42. The Morgan fingerprint density at radius 2 is 2.06 bits per heavy atom. The van der Waals surface area contributed by atoms with Crippen LogP contribution in [0.1, 0.15) is 31.2 Å². The van der Waals surface area contributed by atoms with Crippen molar-refractivity contribution in [3.05, 3.63) is 54.0 Å². The van der Waals surface area contributed by atoms with Crippen molar-refractivity contribution in [2.45, 2.75) is 32.7 Å². The Labute approximate surface area is 188 Å². The zero-order chi connectivity index (χ0) is 22.5. The molecule has 1 fully saturated rings. The topological polar surface area (TPSA) is 87.4 Å². The number of hydrogen-bond acceptors (Lipinski definition) is 7. The molecule has 3 aromatic rings. The van der Waals surface area contributed by atoms with Crippen LogP contribution < -0.4 is 15.1 Å². The monoisotopic (exact) mass is 434 g/mol. The second kappa shape index (κ2) is 9.80. The third kappa shape index (κ3) is 4.90. The minimum absolute atomic E-state index is 0.0803. The highest BCUT2D eigenvalue weighted by atomic mass is 16.5. The number of carbonyl (C=O) groups excluding carboxylic acids is 1. The van der Waals surface area contributed by atoms with Crippen LogP contribution in [0.4, 0.5) is 11.5 Å². The maximum absolute atomic E-state index is 12.9. The summed E-state index contributed by atoms with van der Waals surface area (Å²) >= 11 is 0. The van der Waals surface area contributed by atoms with Crippen molar-refractivity contribution in [2.24, 2.45) is 5.92 Å². The summed E-state index contributed by atoms with van der Waals surface area (Å²) < 4.78 is 5.29. The van der Waals surface area contributed by atoms with Gasteiger partial charge in [-0.3, -0.25) is 4.79 Å². The zero-order valence-corrected chi connectivity index (χ0v) is 18.9. The van der Waals surface area contributed by atoms with Gasteiger partial charge in [-0.05, 0) is 42.7 Å². The lowest BCUT2D eigenvalue weighted by Gasteiger charge is -2.33. The molecular weight excluding hydrogens is 404 g/mol. The highest BCUT2D eigenvalue weighted by Gasteiger charge is 2.28. The van der Waals surface area contributed by atoms with Gasteiger partial charge in [0.05, 0.1) is 11.5 Å². The summed E-state index contributed by atoms with van der Waals surface area (Å²) in [5.74, 6) is 1.93. The molecule has 0 radical (unpaired) electrons. The molecular formula is C24H30N6O2. The van der Waals surface area contributed by atoms with Crippen molar-refractivity contribution in [3.63, 3.8) is 0 Å². The van der Waals surface area contributed by atoms with Crippen LogP contribution in [0, 0.1) is 5.92 Å². The largest absolute Gasteiger partial charge is 0.378 e. The fourth-order valence-electron chi connectivity index (χ4n) is 3.96. The van der Waals surface area contributed by atoms with Crippen molar-refractivity contribution in [1.82, 2.24) is 20.4 Å². The number of nitrogens with zero attached hydrogens (tertiary/aromatic N) is 5.